The Morgan fingerprint density at radius 1 is 1.38 bits per heavy atom. The van der Waals surface area contributed by atoms with Crippen LogP contribution < -0.4 is 0 Å². The third-order valence-electron chi connectivity index (χ3n) is 4.08. The molecule has 1 aromatic carbocycles. The van der Waals surface area contributed by atoms with Crippen molar-refractivity contribution in [3.8, 4) is 0 Å². The van der Waals surface area contributed by atoms with Crippen molar-refractivity contribution < 1.29 is 13.3 Å². The summed E-state index contributed by atoms with van der Waals surface area (Å²) < 4.78 is 25.0. The molecule has 2 rings (SSSR count). The van der Waals surface area contributed by atoms with Crippen LogP contribution in [0.2, 0.25) is 0 Å². The third-order valence-corrected chi connectivity index (χ3v) is 5.38. The summed E-state index contributed by atoms with van der Waals surface area (Å²) in [5.74, 6) is 0. The first-order chi connectivity index (χ1) is 9.51. The monoisotopic (exact) mass is 312 g/mol. The Bertz CT molecular complexity index is 682. The molecule has 0 heterocycles. The van der Waals surface area contributed by atoms with Crippen molar-refractivity contribution in [2.75, 3.05) is 13.3 Å². The maximum absolute atomic E-state index is 11.9. The molecular formula is C14H20N2O4S. The zero-order valence-electron chi connectivity index (χ0n) is 12.7. The summed E-state index contributed by atoms with van der Waals surface area (Å²) in [5.41, 5.74) is 1.68. The van der Waals surface area contributed by atoms with Crippen LogP contribution in [-0.4, -0.2) is 30.9 Å². The number of nitrogens with zero attached hydrogens (tertiary/aromatic N) is 2. The molecule has 0 aliphatic heterocycles. The number of nitro benzene ring substituents is 1. The highest BCUT2D eigenvalue weighted by molar-refractivity contribution is 7.88. The van der Waals surface area contributed by atoms with E-state index in [1.807, 2.05) is 0 Å². The number of sulfonamides is 1. The Balaban J connectivity index is 2.57. The molecule has 0 bridgehead atoms. The first-order valence-electron chi connectivity index (χ1n) is 6.71. The van der Waals surface area contributed by atoms with E-state index >= 15 is 0 Å². The SMILES string of the molecule is CN(C1CC(C)(C)Cc2ccc([N+](=O)[O-])cc21)S(C)(=O)=O. The molecule has 1 aliphatic carbocycles. The zero-order chi connectivity index (χ0) is 16.0. The van der Waals surface area contributed by atoms with Gasteiger partial charge < -0.3 is 0 Å². The van der Waals surface area contributed by atoms with Crippen molar-refractivity contribution >= 4 is 15.7 Å². The Morgan fingerprint density at radius 2 is 2.00 bits per heavy atom. The van der Waals surface area contributed by atoms with Gasteiger partial charge in [-0.2, -0.15) is 4.31 Å². The van der Waals surface area contributed by atoms with E-state index in [0.717, 1.165) is 23.8 Å². The molecule has 7 heteroatoms. The summed E-state index contributed by atoms with van der Waals surface area (Å²) in [6.45, 7) is 4.17. The molecule has 0 saturated carbocycles. The van der Waals surface area contributed by atoms with E-state index < -0.39 is 14.9 Å². The average Bonchev–Trinajstić information content (AvgIpc) is 2.34. The molecule has 0 spiro atoms. The maximum Gasteiger partial charge on any atom is 0.269 e. The lowest BCUT2D eigenvalue weighted by Gasteiger charge is -2.40. The Morgan fingerprint density at radius 3 is 2.52 bits per heavy atom. The number of nitro groups is 1. The number of fused-ring (bicyclic) bond motifs is 1. The summed E-state index contributed by atoms with van der Waals surface area (Å²) >= 11 is 0. The van der Waals surface area contributed by atoms with E-state index in [4.69, 9.17) is 0 Å². The number of hydrogen-bond donors (Lipinski definition) is 0. The second-order valence-corrected chi connectivity index (χ2v) is 8.52. The van der Waals surface area contributed by atoms with Crippen LogP contribution in [0.25, 0.3) is 0 Å². The van der Waals surface area contributed by atoms with Crippen molar-refractivity contribution in [3.63, 3.8) is 0 Å². The van der Waals surface area contributed by atoms with Crippen LogP contribution in [0.3, 0.4) is 0 Å². The second kappa shape index (κ2) is 5.06. The van der Waals surface area contributed by atoms with Gasteiger partial charge in [-0.1, -0.05) is 19.9 Å². The molecule has 1 aliphatic rings. The minimum Gasteiger partial charge on any atom is -0.258 e. The fourth-order valence-corrected chi connectivity index (χ4v) is 3.59. The van der Waals surface area contributed by atoms with E-state index in [1.54, 1.807) is 6.07 Å². The first kappa shape index (κ1) is 15.9. The van der Waals surface area contributed by atoms with E-state index in [2.05, 4.69) is 13.8 Å². The van der Waals surface area contributed by atoms with Crippen LogP contribution in [0.1, 0.15) is 37.4 Å². The largest absolute Gasteiger partial charge is 0.269 e. The van der Waals surface area contributed by atoms with Crippen LogP contribution in [0.15, 0.2) is 18.2 Å². The second-order valence-electron chi connectivity index (χ2n) is 6.48. The fourth-order valence-electron chi connectivity index (χ4n) is 2.94. The molecule has 0 amide bonds. The minimum absolute atomic E-state index is 0.000331. The van der Waals surface area contributed by atoms with E-state index in [0.29, 0.717) is 6.42 Å². The number of non-ortho nitro benzene ring substituents is 1. The highest BCUT2D eigenvalue weighted by atomic mass is 32.2. The minimum atomic E-state index is -3.36. The number of rotatable bonds is 3. The zero-order valence-corrected chi connectivity index (χ0v) is 13.5. The number of benzene rings is 1. The number of hydrogen-bond acceptors (Lipinski definition) is 4. The van der Waals surface area contributed by atoms with Gasteiger partial charge in [-0.25, -0.2) is 8.42 Å². The molecule has 21 heavy (non-hydrogen) atoms. The van der Waals surface area contributed by atoms with Gasteiger partial charge >= 0.3 is 0 Å². The van der Waals surface area contributed by atoms with Crippen molar-refractivity contribution in [3.05, 3.63) is 39.4 Å². The van der Waals surface area contributed by atoms with Gasteiger partial charge in [0.1, 0.15) is 0 Å². The molecule has 0 N–H and O–H groups in total. The fraction of sp³-hybridized carbons (Fsp3) is 0.571. The molecule has 0 aromatic heterocycles. The van der Waals surface area contributed by atoms with Crippen LogP contribution in [0.4, 0.5) is 5.69 Å². The van der Waals surface area contributed by atoms with Crippen LogP contribution in [0.5, 0.6) is 0 Å². The molecule has 0 saturated heterocycles. The molecular weight excluding hydrogens is 292 g/mol. The Hall–Kier alpha value is -1.47. The van der Waals surface area contributed by atoms with Crippen LogP contribution in [0, 0.1) is 15.5 Å². The van der Waals surface area contributed by atoms with Crippen LogP contribution >= 0.6 is 0 Å². The summed E-state index contributed by atoms with van der Waals surface area (Å²) in [4.78, 5) is 10.5. The summed E-state index contributed by atoms with van der Waals surface area (Å²) in [5, 5.41) is 11.0. The average molecular weight is 312 g/mol. The highest BCUT2D eigenvalue weighted by Gasteiger charge is 2.37. The molecule has 0 radical (unpaired) electrons. The predicted molar refractivity (Wildman–Crippen MR) is 80.5 cm³/mol. The molecule has 6 nitrogen and oxygen atoms in total. The van der Waals surface area contributed by atoms with Crippen LogP contribution in [-0.2, 0) is 16.4 Å². The molecule has 1 aromatic rings. The molecule has 1 atom stereocenters. The summed E-state index contributed by atoms with van der Waals surface area (Å²) in [6.07, 6.45) is 2.59. The molecule has 116 valence electrons. The predicted octanol–water partition coefficient (Wildman–Crippen LogP) is 2.50. The van der Waals surface area contributed by atoms with Crippen molar-refractivity contribution in [2.24, 2.45) is 5.41 Å². The van der Waals surface area contributed by atoms with E-state index in [-0.39, 0.29) is 17.1 Å². The highest BCUT2D eigenvalue weighted by Crippen LogP contribution is 2.44. The maximum atomic E-state index is 11.9. The smallest absolute Gasteiger partial charge is 0.258 e. The van der Waals surface area contributed by atoms with Gasteiger partial charge in [0.2, 0.25) is 10.0 Å². The Labute approximate surface area is 125 Å². The topological polar surface area (TPSA) is 80.5 Å². The van der Waals surface area contributed by atoms with Gasteiger partial charge in [-0.05, 0) is 29.4 Å². The van der Waals surface area contributed by atoms with Crippen molar-refractivity contribution in [1.29, 1.82) is 0 Å². The van der Waals surface area contributed by atoms with Gasteiger partial charge in [-0.15, -0.1) is 0 Å². The van der Waals surface area contributed by atoms with Gasteiger partial charge in [0.25, 0.3) is 5.69 Å². The summed E-state index contributed by atoms with van der Waals surface area (Å²) in [7, 11) is -1.83. The normalized spacial score (nSPS) is 21.1. The third kappa shape index (κ3) is 3.24. The lowest BCUT2D eigenvalue weighted by molar-refractivity contribution is -0.385. The van der Waals surface area contributed by atoms with Gasteiger partial charge in [0.15, 0.2) is 0 Å². The lowest BCUT2D eigenvalue weighted by atomic mass is 9.72. The summed E-state index contributed by atoms with van der Waals surface area (Å²) in [6, 6.07) is 4.38. The lowest BCUT2D eigenvalue weighted by Crippen LogP contribution is -2.37. The van der Waals surface area contributed by atoms with E-state index in [1.165, 1.54) is 23.5 Å². The van der Waals surface area contributed by atoms with Gasteiger partial charge in [-0.3, -0.25) is 10.1 Å². The quantitative estimate of drug-likeness (QED) is 0.634. The van der Waals surface area contributed by atoms with E-state index in [9.17, 15) is 18.5 Å². The Kier molecular flexibility index (Phi) is 3.84. The van der Waals surface area contributed by atoms with Gasteiger partial charge in [0.05, 0.1) is 17.2 Å². The first-order valence-corrected chi connectivity index (χ1v) is 8.56. The standard InChI is InChI=1S/C14H20N2O4S/c1-14(2)8-10-5-6-11(16(17)18)7-12(10)13(9-14)15(3)21(4,19)20/h5-7,13H,8-9H2,1-4H3. The molecule has 1 unspecified atom stereocenters. The molecule has 0 fully saturated rings. The van der Waals surface area contributed by atoms with Crippen molar-refractivity contribution in [1.82, 2.24) is 4.31 Å². The van der Waals surface area contributed by atoms with Crippen molar-refractivity contribution in [2.45, 2.75) is 32.7 Å². The van der Waals surface area contributed by atoms with Gasteiger partial charge in [0, 0.05) is 19.2 Å².